The molecule has 4 nitrogen and oxygen atoms in total. The van der Waals surface area contributed by atoms with Gasteiger partial charge in [0.05, 0.1) is 6.10 Å². The molecule has 0 radical (unpaired) electrons. The molecule has 0 aliphatic rings. The van der Waals surface area contributed by atoms with Crippen molar-refractivity contribution in [1.29, 1.82) is 0 Å². The van der Waals surface area contributed by atoms with E-state index in [-0.39, 0.29) is 6.10 Å². The van der Waals surface area contributed by atoms with E-state index in [9.17, 15) is 0 Å². The highest BCUT2D eigenvalue weighted by atomic mass is 16.3. The maximum atomic E-state index is 8.36. The summed E-state index contributed by atoms with van der Waals surface area (Å²) < 4.78 is 0. The monoisotopic (exact) mass is 296 g/mol. The lowest BCUT2D eigenvalue weighted by atomic mass is 10.3. The molecule has 0 fully saturated rings. The van der Waals surface area contributed by atoms with E-state index in [1.165, 1.54) is 6.42 Å². The molecule has 4 N–H and O–H groups in total. The van der Waals surface area contributed by atoms with E-state index in [0.29, 0.717) is 19.8 Å². The van der Waals surface area contributed by atoms with Gasteiger partial charge in [-0.1, -0.05) is 47.0 Å². The molecule has 128 valence electrons. The number of hydrogen-bond acceptors (Lipinski definition) is 4. The van der Waals surface area contributed by atoms with Crippen LogP contribution < -0.4 is 0 Å². The normalized spacial score (nSPS) is 10.1. The zero-order valence-electron chi connectivity index (χ0n) is 14.4. The molecule has 0 saturated heterocycles. The summed E-state index contributed by atoms with van der Waals surface area (Å²) in [5, 5.41) is 32.5. The molecule has 0 bridgehead atoms. The molecule has 0 aromatic rings. The third-order valence-corrected chi connectivity index (χ3v) is 2.09. The molecule has 0 aliphatic carbocycles. The summed E-state index contributed by atoms with van der Waals surface area (Å²) in [5.74, 6) is 0. The lowest BCUT2D eigenvalue weighted by Crippen LogP contribution is -1.93. The van der Waals surface area contributed by atoms with Crippen molar-refractivity contribution in [3.63, 3.8) is 0 Å². The number of rotatable bonds is 7. The van der Waals surface area contributed by atoms with E-state index in [1.807, 2.05) is 13.8 Å². The fourth-order valence-corrected chi connectivity index (χ4v) is 0.520. The van der Waals surface area contributed by atoms with Gasteiger partial charge in [-0.25, -0.2) is 0 Å². The van der Waals surface area contributed by atoms with Gasteiger partial charge < -0.3 is 20.4 Å². The van der Waals surface area contributed by atoms with Crippen LogP contribution in [-0.4, -0.2) is 46.4 Å². The van der Waals surface area contributed by atoms with Gasteiger partial charge in [0, 0.05) is 19.8 Å². The second-order valence-electron chi connectivity index (χ2n) is 4.49. The van der Waals surface area contributed by atoms with Crippen molar-refractivity contribution in [2.45, 2.75) is 85.7 Å². The summed E-state index contributed by atoms with van der Waals surface area (Å²) in [4.78, 5) is 0. The molecule has 0 aliphatic heterocycles. The Balaban J connectivity index is -0.0000000862. The smallest absolute Gasteiger partial charge is 0.0509 e. The predicted molar refractivity (Wildman–Crippen MR) is 88.0 cm³/mol. The van der Waals surface area contributed by atoms with E-state index in [4.69, 9.17) is 20.4 Å². The first-order chi connectivity index (χ1) is 9.51. The third kappa shape index (κ3) is 82.3. The molecule has 0 rings (SSSR count). The lowest BCUT2D eigenvalue weighted by molar-refractivity contribution is 0.191. The molecule has 1 atom stereocenters. The summed E-state index contributed by atoms with van der Waals surface area (Å²) in [5.41, 5.74) is 0. The summed E-state index contributed by atoms with van der Waals surface area (Å²) in [6, 6.07) is 0. The molecule has 0 amide bonds. The minimum absolute atomic E-state index is 0.116. The van der Waals surface area contributed by atoms with Gasteiger partial charge in [0.2, 0.25) is 0 Å². The number of aliphatic hydroxyl groups is 4. The number of unbranched alkanes of at least 4 members (excludes halogenated alkanes) is 3. The second kappa shape index (κ2) is 36.4. The maximum Gasteiger partial charge on any atom is 0.0509 e. The zero-order chi connectivity index (χ0) is 16.6. The Kier molecular flexibility index (Phi) is 51.0. The SMILES string of the molecule is CCC(C)O.CCCCCO.CCCCO.CCCO. The van der Waals surface area contributed by atoms with Crippen molar-refractivity contribution >= 4 is 0 Å². The standard InChI is InChI=1S/C5H12O.2C4H10O.C3H8O/c1-2-3-4-5-6;1-3-4(2)5;1-2-3-4-5;1-2-3-4/h6H,2-5H2,1H3;4-5H,3H2,1-2H3;5H,2-4H2,1H3;4H,2-3H2,1H3. The minimum Gasteiger partial charge on any atom is -0.396 e. The summed E-state index contributed by atoms with van der Waals surface area (Å²) >= 11 is 0. The van der Waals surface area contributed by atoms with Crippen molar-refractivity contribution in [1.82, 2.24) is 0 Å². The predicted octanol–water partition coefficient (Wildman–Crippen LogP) is 3.11. The Morgan fingerprint density at radius 1 is 0.650 bits per heavy atom. The minimum atomic E-state index is -0.116. The Hall–Kier alpha value is -0.160. The third-order valence-electron chi connectivity index (χ3n) is 2.09. The zero-order valence-corrected chi connectivity index (χ0v) is 14.4. The first-order valence-corrected chi connectivity index (χ1v) is 8.02. The van der Waals surface area contributed by atoms with Gasteiger partial charge in [0.25, 0.3) is 0 Å². The molecule has 0 aromatic heterocycles. The van der Waals surface area contributed by atoms with E-state index < -0.39 is 0 Å². The highest BCUT2D eigenvalue weighted by molar-refractivity contribution is 4.34. The van der Waals surface area contributed by atoms with Crippen molar-refractivity contribution in [3.8, 4) is 0 Å². The van der Waals surface area contributed by atoms with Crippen LogP contribution in [0.3, 0.4) is 0 Å². The van der Waals surface area contributed by atoms with E-state index in [2.05, 4.69) is 13.8 Å². The molecule has 0 heterocycles. The fourth-order valence-electron chi connectivity index (χ4n) is 0.520. The van der Waals surface area contributed by atoms with Gasteiger partial charge in [-0.3, -0.25) is 0 Å². The largest absolute Gasteiger partial charge is 0.396 e. The molecule has 1 unspecified atom stereocenters. The highest BCUT2D eigenvalue weighted by Gasteiger charge is 1.81. The fraction of sp³-hybridized carbons (Fsp3) is 1.00. The van der Waals surface area contributed by atoms with Crippen LogP contribution in [0.5, 0.6) is 0 Å². The first-order valence-electron chi connectivity index (χ1n) is 8.02. The Morgan fingerprint density at radius 3 is 1.05 bits per heavy atom. The van der Waals surface area contributed by atoms with Gasteiger partial charge in [-0.05, 0) is 32.6 Å². The van der Waals surface area contributed by atoms with E-state index >= 15 is 0 Å². The molecular formula is C16H40O4. The number of hydrogen-bond donors (Lipinski definition) is 4. The highest BCUT2D eigenvalue weighted by Crippen LogP contribution is 1.89. The van der Waals surface area contributed by atoms with Gasteiger partial charge in [0.1, 0.15) is 0 Å². The van der Waals surface area contributed by atoms with Crippen LogP contribution in [0.1, 0.15) is 79.6 Å². The van der Waals surface area contributed by atoms with E-state index in [1.54, 1.807) is 6.92 Å². The molecule has 20 heavy (non-hydrogen) atoms. The van der Waals surface area contributed by atoms with Crippen molar-refractivity contribution in [2.75, 3.05) is 19.8 Å². The molecule has 0 aromatic carbocycles. The van der Waals surface area contributed by atoms with Crippen LogP contribution in [0, 0.1) is 0 Å². The summed E-state index contributed by atoms with van der Waals surface area (Å²) in [7, 11) is 0. The average Bonchev–Trinajstić information content (AvgIpc) is 2.47. The van der Waals surface area contributed by atoms with Crippen molar-refractivity contribution in [2.24, 2.45) is 0 Å². The van der Waals surface area contributed by atoms with Gasteiger partial charge in [-0.15, -0.1) is 0 Å². The number of aliphatic hydroxyl groups excluding tert-OH is 4. The van der Waals surface area contributed by atoms with Crippen LogP contribution in [0.4, 0.5) is 0 Å². The Labute approximate surface area is 126 Å². The molecule has 0 spiro atoms. The molecule has 4 heteroatoms. The molecular weight excluding hydrogens is 256 g/mol. The van der Waals surface area contributed by atoms with Crippen molar-refractivity contribution < 1.29 is 20.4 Å². The quantitative estimate of drug-likeness (QED) is 0.544. The average molecular weight is 296 g/mol. The van der Waals surface area contributed by atoms with E-state index in [0.717, 1.165) is 38.5 Å². The topological polar surface area (TPSA) is 80.9 Å². The Morgan fingerprint density at radius 2 is 1.00 bits per heavy atom. The van der Waals surface area contributed by atoms with Gasteiger partial charge >= 0.3 is 0 Å². The van der Waals surface area contributed by atoms with Crippen LogP contribution in [0.15, 0.2) is 0 Å². The maximum absolute atomic E-state index is 8.36. The van der Waals surface area contributed by atoms with Crippen LogP contribution in [0.2, 0.25) is 0 Å². The van der Waals surface area contributed by atoms with Crippen molar-refractivity contribution in [3.05, 3.63) is 0 Å². The summed E-state index contributed by atoms with van der Waals surface area (Å²) in [6.45, 7) is 10.8. The summed E-state index contributed by atoms with van der Waals surface area (Å²) in [6.07, 6.45) is 6.99. The van der Waals surface area contributed by atoms with Crippen LogP contribution in [-0.2, 0) is 0 Å². The van der Waals surface area contributed by atoms with Gasteiger partial charge in [-0.2, -0.15) is 0 Å². The molecule has 0 saturated carbocycles. The Bertz CT molecular complexity index is 101. The first kappa shape index (κ1) is 28.1. The van der Waals surface area contributed by atoms with Crippen LogP contribution >= 0.6 is 0 Å². The second-order valence-corrected chi connectivity index (χ2v) is 4.49. The lowest BCUT2D eigenvalue weighted by Gasteiger charge is -1.90. The van der Waals surface area contributed by atoms with Gasteiger partial charge in [0.15, 0.2) is 0 Å². The van der Waals surface area contributed by atoms with Crippen LogP contribution in [0.25, 0.3) is 0 Å².